The zero-order valence-electron chi connectivity index (χ0n) is 19.5. The zero-order chi connectivity index (χ0) is 27.0. The van der Waals surface area contributed by atoms with Crippen LogP contribution < -0.4 is 10.9 Å². The van der Waals surface area contributed by atoms with Gasteiger partial charge in [-0.05, 0) is 31.2 Å². The highest BCUT2D eigenvalue weighted by atomic mass is 19.4. The first-order valence-electron chi connectivity index (χ1n) is 11.3. The van der Waals surface area contributed by atoms with Crippen LogP contribution in [0.1, 0.15) is 30.2 Å². The van der Waals surface area contributed by atoms with Crippen molar-refractivity contribution in [3.63, 3.8) is 0 Å². The largest absolute Gasteiger partial charge is 0.423 e. The molecule has 0 saturated heterocycles. The number of fused-ring (bicyclic) bond motifs is 3. The van der Waals surface area contributed by atoms with Crippen LogP contribution in [0.5, 0.6) is 0 Å². The topological polar surface area (TPSA) is 92.2 Å². The van der Waals surface area contributed by atoms with Crippen LogP contribution in [-0.4, -0.2) is 51.4 Å². The average molecular weight is 531 g/mol. The molecule has 3 aromatic rings. The Bertz CT molecular complexity index is 1350. The number of carbonyl (C=O) groups is 1. The van der Waals surface area contributed by atoms with Crippen LogP contribution in [-0.2, 0) is 35.0 Å². The minimum atomic E-state index is -4.87. The van der Waals surface area contributed by atoms with Gasteiger partial charge in [0.2, 0.25) is 5.91 Å². The molecule has 1 aliphatic rings. The quantitative estimate of drug-likeness (QED) is 0.355. The fraction of sp³-hybridized carbons (Fsp3) is 0.435. The van der Waals surface area contributed by atoms with Gasteiger partial charge in [0, 0.05) is 35.7 Å². The molecule has 1 aromatic carbocycles. The van der Waals surface area contributed by atoms with E-state index in [4.69, 9.17) is 4.74 Å². The van der Waals surface area contributed by atoms with Crippen LogP contribution in [0.3, 0.4) is 0 Å². The molecule has 2 N–H and O–H groups in total. The number of alkyl halides is 6. The molecular formula is C23H23F6N5O3. The summed E-state index contributed by atoms with van der Waals surface area (Å²) in [6.07, 6.45) is -8.43. The highest BCUT2D eigenvalue weighted by Crippen LogP contribution is 2.34. The van der Waals surface area contributed by atoms with Crippen LogP contribution in [0.15, 0.2) is 35.3 Å². The second-order valence-corrected chi connectivity index (χ2v) is 8.73. The molecule has 4 rings (SSSR count). The molecule has 0 radical (unpaired) electrons. The molecule has 0 fully saturated rings. The van der Waals surface area contributed by atoms with E-state index in [1.165, 1.54) is 6.07 Å². The fourth-order valence-electron chi connectivity index (χ4n) is 4.28. The van der Waals surface area contributed by atoms with Gasteiger partial charge in [-0.25, -0.2) is 5.10 Å². The van der Waals surface area contributed by atoms with Gasteiger partial charge in [-0.15, -0.1) is 0 Å². The lowest BCUT2D eigenvalue weighted by atomic mass is 10.1. The number of rotatable bonds is 7. The van der Waals surface area contributed by atoms with E-state index < -0.39 is 40.8 Å². The normalized spacial score (nSPS) is 15.1. The lowest BCUT2D eigenvalue weighted by Gasteiger charge is -2.29. The summed E-state index contributed by atoms with van der Waals surface area (Å²) in [5.41, 5.74) is -2.57. The second-order valence-electron chi connectivity index (χ2n) is 8.73. The van der Waals surface area contributed by atoms with Crippen LogP contribution in [0.4, 0.5) is 32.0 Å². The van der Waals surface area contributed by atoms with E-state index in [0.29, 0.717) is 24.0 Å². The Morgan fingerprint density at radius 2 is 1.92 bits per heavy atom. The fourth-order valence-corrected chi connectivity index (χ4v) is 4.28. The molecule has 0 aliphatic carbocycles. The predicted octanol–water partition coefficient (Wildman–Crippen LogP) is 4.01. The number of benzene rings is 1. The maximum Gasteiger partial charge on any atom is 0.423 e. The highest BCUT2D eigenvalue weighted by molar-refractivity contribution is 5.83. The van der Waals surface area contributed by atoms with Gasteiger partial charge in [0.25, 0.3) is 5.56 Å². The SMILES string of the molecule is C[C@@H](COCCC(=O)N1CCn2c(cc3cc(C(F)(F)F)ccc32)C1)Nc1cn[nH]c(=O)c1C(F)(F)F. The highest BCUT2D eigenvalue weighted by Gasteiger charge is 2.37. The van der Waals surface area contributed by atoms with Crippen molar-refractivity contribution in [2.45, 2.75) is 44.8 Å². The standard InChI is InChI=1S/C23H23F6N5O3/c1-13(31-17-10-30-32-21(36)20(17)23(27,28)29)12-37-7-4-19(35)33-5-6-34-16(11-33)9-14-8-15(22(24,25)26)2-3-18(14)34/h2-3,8-10,13H,4-7,11-12H2,1H3,(H2,31,32,36)/t13-/m0/s1. The minimum Gasteiger partial charge on any atom is -0.379 e. The second kappa shape index (κ2) is 10.1. The third-order valence-corrected chi connectivity index (χ3v) is 5.98. The Morgan fingerprint density at radius 3 is 2.62 bits per heavy atom. The van der Waals surface area contributed by atoms with E-state index in [9.17, 15) is 35.9 Å². The maximum absolute atomic E-state index is 13.1. The number of ether oxygens (including phenoxy) is 1. The number of H-pyrrole nitrogens is 1. The van der Waals surface area contributed by atoms with Gasteiger partial charge in [-0.1, -0.05) is 0 Å². The molecule has 1 aliphatic heterocycles. The van der Waals surface area contributed by atoms with Gasteiger partial charge in [-0.2, -0.15) is 31.4 Å². The third kappa shape index (κ3) is 5.89. The molecule has 14 heteroatoms. The summed E-state index contributed by atoms with van der Waals surface area (Å²) >= 11 is 0. The lowest BCUT2D eigenvalue weighted by molar-refractivity contribution is -0.138. The minimum absolute atomic E-state index is 0.0129. The molecule has 1 amide bonds. The average Bonchev–Trinajstić information content (AvgIpc) is 3.17. The summed E-state index contributed by atoms with van der Waals surface area (Å²) in [5, 5.41) is 8.14. The number of hydrogen-bond acceptors (Lipinski definition) is 5. The van der Waals surface area contributed by atoms with E-state index in [-0.39, 0.29) is 32.1 Å². The Balaban J connectivity index is 1.29. The smallest absolute Gasteiger partial charge is 0.379 e. The van der Waals surface area contributed by atoms with E-state index in [1.54, 1.807) is 23.0 Å². The van der Waals surface area contributed by atoms with Crippen molar-refractivity contribution in [3.8, 4) is 0 Å². The number of anilines is 1. The maximum atomic E-state index is 13.1. The molecule has 2 aromatic heterocycles. The number of nitrogens with zero attached hydrogens (tertiary/aromatic N) is 3. The van der Waals surface area contributed by atoms with Gasteiger partial charge in [-0.3, -0.25) is 9.59 Å². The zero-order valence-corrected chi connectivity index (χ0v) is 19.5. The van der Waals surface area contributed by atoms with Gasteiger partial charge >= 0.3 is 12.4 Å². The van der Waals surface area contributed by atoms with Crippen LogP contribution in [0.25, 0.3) is 10.9 Å². The van der Waals surface area contributed by atoms with Crippen molar-refractivity contribution >= 4 is 22.5 Å². The molecule has 0 bridgehead atoms. The van der Waals surface area contributed by atoms with E-state index in [2.05, 4.69) is 10.4 Å². The van der Waals surface area contributed by atoms with Gasteiger partial charge < -0.3 is 19.5 Å². The molecule has 1 atom stereocenters. The van der Waals surface area contributed by atoms with Crippen LogP contribution in [0, 0.1) is 0 Å². The molecular weight excluding hydrogens is 508 g/mol. The number of hydrogen-bond donors (Lipinski definition) is 2. The predicted molar refractivity (Wildman–Crippen MR) is 121 cm³/mol. The number of aromatic nitrogens is 3. The monoisotopic (exact) mass is 531 g/mol. The Kier molecular flexibility index (Phi) is 7.22. The van der Waals surface area contributed by atoms with Crippen molar-refractivity contribution in [2.75, 3.05) is 25.1 Å². The van der Waals surface area contributed by atoms with Gasteiger partial charge in [0.1, 0.15) is 5.56 Å². The van der Waals surface area contributed by atoms with Crippen molar-refractivity contribution < 1.29 is 35.9 Å². The summed E-state index contributed by atoms with van der Waals surface area (Å²) < 4.78 is 85.8. The third-order valence-electron chi connectivity index (χ3n) is 5.98. The summed E-state index contributed by atoms with van der Waals surface area (Å²) in [6, 6.07) is 4.59. The van der Waals surface area contributed by atoms with E-state index in [1.807, 2.05) is 4.57 Å². The number of aromatic amines is 1. The first kappa shape index (κ1) is 26.5. The molecule has 8 nitrogen and oxygen atoms in total. The Morgan fingerprint density at radius 1 is 1.16 bits per heavy atom. The Labute approximate surface area is 206 Å². The van der Waals surface area contributed by atoms with Crippen LogP contribution in [0.2, 0.25) is 0 Å². The molecule has 3 heterocycles. The van der Waals surface area contributed by atoms with Gasteiger partial charge in [0.15, 0.2) is 0 Å². The Hall–Kier alpha value is -3.55. The number of halogens is 6. The summed E-state index contributed by atoms with van der Waals surface area (Å²) in [7, 11) is 0. The summed E-state index contributed by atoms with van der Waals surface area (Å²) in [6.45, 7) is 2.58. The molecule has 0 spiro atoms. The first-order valence-corrected chi connectivity index (χ1v) is 11.3. The summed E-state index contributed by atoms with van der Waals surface area (Å²) in [4.78, 5) is 25.8. The summed E-state index contributed by atoms with van der Waals surface area (Å²) in [5.74, 6) is -0.216. The van der Waals surface area contributed by atoms with Crippen LogP contribution >= 0.6 is 0 Å². The van der Waals surface area contributed by atoms with E-state index >= 15 is 0 Å². The van der Waals surface area contributed by atoms with E-state index in [0.717, 1.165) is 24.0 Å². The van der Waals surface area contributed by atoms with Gasteiger partial charge in [0.05, 0.1) is 43.6 Å². The van der Waals surface area contributed by atoms with Crippen molar-refractivity contribution in [1.82, 2.24) is 19.7 Å². The number of carbonyl (C=O) groups excluding carboxylic acids is 1. The molecule has 37 heavy (non-hydrogen) atoms. The molecule has 200 valence electrons. The molecule has 0 saturated carbocycles. The van der Waals surface area contributed by atoms with Crippen molar-refractivity contribution in [1.29, 1.82) is 0 Å². The molecule has 0 unspecified atom stereocenters. The number of nitrogens with one attached hydrogen (secondary N) is 2. The first-order chi connectivity index (χ1) is 17.3. The van der Waals surface area contributed by atoms with Crippen molar-refractivity contribution in [3.05, 3.63) is 57.6 Å². The number of amides is 1. The van der Waals surface area contributed by atoms with Crippen molar-refractivity contribution in [2.24, 2.45) is 0 Å². The lowest BCUT2D eigenvalue weighted by Crippen LogP contribution is -2.38.